The topological polar surface area (TPSA) is 172 Å². The number of carbonyl (C=O) groups excluding carboxylic acids is 4. The van der Waals surface area contributed by atoms with E-state index in [4.69, 9.17) is 19.3 Å². The van der Waals surface area contributed by atoms with Gasteiger partial charge in [-0.25, -0.2) is 4.57 Å². The molecule has 1 aromatic rings. The summed E-state index contributed by atoms with van der Waals surface area (Å²) >= 11 is 1.11. The van der Waals surface area contributed by atoms with Crippen LogP contribution in [0.25, 0.3) is 0 Å². The largest absolute Gasteiger partial charge is 0.530 e. The smallest absolute Gasteiger partial charge is 0.468 e. The van der Waals surface area contributed by atoms with Crippen LogP contribution >= 0.6 is 19.6 Å². The minimum Gasteiger partial charge on any atom is -0.468 e. The van der Waals surface area contributed by atoms with Gasteiger partial charge in [-0.3, -0.25) is 28.2 Å². The zero-order valence-electron chi connectivity index (χ0n) is 21.3. The van der Waals surface area contributed by atoms with Crippen molar-refractivity contribution in [1.82, 2.24) is 10.6 Å². The summed E-state index contributed by atoms with van der Waals surface area (Å²) in [5.41, 5.74) is 5.68. The molecule has 0 aliphatic carbocycles. The molecule has 1 heterocycles. The lowest BCUT2D eigenvalue weighted by Crippen LogP contribution is -2.50. The normalized spacial score (nSPS) is 21.4. The summed E-state index contributed by atoms with van der Waals surface area (Å²) in [5, 5.41) is 5.26. The monoisotopic (exact) mass is 559 g/mol. The second kappa shape index (κ2) is 13.9. The summed E-state index contributed by atoms with van der Waals surface area (Å²) in [6.45, 7) is 5.21. The van der Waals surface area contributed by atoms with Crippen molar-refractivity contribution in [2.45, 2.75) is 45.8 Å². The van der Waals surface area contributed by atoms with Crippen LogP contribution in [0.1, 0.15) is 32.8 Å². The van der Waals surface area contributed by atoms with Crippen LogP contribution in [-0.2, 0) is 43.9 Å². The summed E-state index contributed by atoms with van der Waals surface area (Å²) in [6.07, 6.45) is -0.886. The Morgan fingerprint density at radius 3 is 2.49 bits per heavy atom. The van der Waals surface area contributed by atoms with Crippen molar-refractivity contribution in [3.05, 3.63) is 29.8 Å². The molecule has 14 heteroatoms. The summed E-state index contributed by atoms with van der Waals surface area (Å²) in [6, 6.07) is 5.51. The van der Waals surface area contributed by atoms with Crippen molar-refractivity contribution >= 4 is 42.5 Å². The second-order valence-electron chi connectivity index (χ2n) is 8.99. The SMILES string of the molecule is COC(=O)[C@@H](N)Cc1ccc(OP2(=O)OCC(C)(C)[C@H](C(=O)NCCC(=O)NCCSC(C)=O)O2)cc1. The van der Waals surface area contributed by atoms with E-state index in [1.165, 1.54) is 26.2 Å². The molecule has 4 N–H and O–H groups in total. The lowest BCUT2D eigenvalue weighted by molar-refractivity contribution is -0.142. The summed E-state index contributed by atoms with van der Waals surface area (Å²) < 4.78 is 34.2. The van der Waals surface area contributed by atoms with Crippen LogP contribution in [-0.4, -0.2) is 67.6 Å². The Kier molecular flexibility index (Phi) is 11.6. The number of amides is 2. The van der Waals surface area contributed by atoms with E-state index in [0.29, 0.717) is 12.3 Å². The fourth-order valence-electron chi connectivity index (χ4n) is 3.24. The quantitative estimate of drug-likeness (QED) is 0.193. The molecule has 1 fully saturated rings. The molecule has 1 aromatic carbocycles. The number of nitrogens with two attached hydrogens (primary N) is 1. The van der Waals surface area contributed by atoms with E-state index in [-0.39, 0.29) is 42.8 Å². The van der Waals surface area contributed by atoms with Crippen LogP contribution in [0.4, 0.5) is 0 Å². The number of thioether (sulfide) groups is 1. The maximum absolute atomic E-state index is 13.2. The third kappa shape index (κ3) is 10.1. The minimum atomic E-state index is -4.14. The van der Waals surface area contributed by atoms with Crippen LogP contribution in [0.2, 0.25) is 0 Å². The molecule has 3 atom stereocenters. The number of esters is 1. The first-order valence-electron chi connectivity index (χ1n) is 11.6. The first-order chi connectivity index (χ1) is 17.3. The van der Waals surface area contributed by atoms with Crippen LogP contribution in [0.5, 0.6) is 5.75 Å². The Balaban J connectivity index is 1.90. The molecule has 1 aliphatic heterocycles. The van der Waals surface area contributed by atoms with Crippen molar-refractivity contribution in [1.29, 1.82) is 0 Å². The van der Waals surface area contributed by atoms with Gasteiger partial charge in [0.2, 0.25) is 5.91 Å². The molecule has 37 heavy (non-hydrogen) atoms. The van der Waals surface area contributed by atoms with Gasteiger partial charge in [-0.1, -0.05) is 37.7 Å². The number of benzene rings is 1. The zero-order valence-corrected chi connectivity index (χ0v) is 23.0. The highest BCUT2D eigenvalue weighted by atomic mass is 32.2. The fourth-order valence-corrected chi connectivity index (χ4v) is 5.40. The first kappa shape index (κ1) is 30.8. The first-order valence-corrected chi connectivity index (χ1v) is 14.0. The van der Waals surface area contributed by atoms with Gasteiger partial charge in [0.1, 0.15) is 11.8 Å². The van der Waals surface area contributed by atoms with E-state index in [0.717, 1.165) is 17.3 Å². The number of hydrogen-bond acceptors (Lipinski definition) is 11. The summed E-state index contributed by atoms with van der Waals surface area (Å²) in [7, 11) is -2.88. The van der Waals surface area contributed by atoms with Gasteiger partial charge in [-0.05, 0) is 24.1 Å². The van der Waals surface area contributed by atoms with E-state index in [1.807, 2.05) is 0 Å². The van der Waals surface area contributed by atoms with Gasteiger partial charge in [0.15, 0.2) is 11.2 Å². The lowest BCUT2D eigenvalue weighted by atomic mass is 9.87. The van der Waals surface area contributed by atoms with E-state index >= 15 is 0 Å². The standard InChI is InChI=1S/C23H34N3O9PS/c1-15(27)37-12-11-25-19(28)9-10-26-21(29)20-23(2,3)14-33-36(31,35-20)34-17-7-5-16(6-8-17)13-18(24)22(30)32-4/h5-8,18,20H,9-14,24H2,1-4H3,(H,25,28)(H,26,29)/t18-,20-,36?/m0/s1. The van der Waals surface area contributed by atoms with Gasteiger partial charge in [0.05, 0.1) is 13.7 Å². The Bertz CT molecular complexity index is 1020. The molecule has 2 amide bonds. The molecule has 206 valence electrons. The Labute approximate surface area is 220 Å². The highest BCUT2D eigenvalue weighted by Gasteiger charge is 2.49. The molecule has 1 saturated heterocycles. The third-order valence-electron chi connectivity index (χ3n) is 5.26. The average Bonchev–Trinajstić information content (AvgIpc) is 2.84. The molecule has 0 spiro atoms. The van der Waals surface area contributed by atoms with Crippen LogP contribution < -0.4 is 20.9 Å². The third-order valence-corrected chi connectivity index (χ3v) is 7.42. The van der Waals surface area contributed by atoms with Gasteiger partial charge in [0, 0.05) is 37.6 Å². The number of ether oxygens (including phenoxy) is 1. The number of rotatable bonds is 12. The van der Waals surface area contributed by atoms with Crippen molar-refractivity contribution in [2.24, 2.45) is 11.1 Å². The van der Waals surface area contributed by atoms with E-state index in [2.05, 4.69) is 15.4 Å². The van der Waals surface area contributed by atoms with Gasteiger partial charge < -0.3 is 25.6 Å². The molecule has 0 saturated carbocycles. The van der Waals surface area contributed by atoms with Crippen molar-refractivity contribution in [3.63, 3.8) is 0 Å². The number of methoxy groups -OCH3 is 1. The molecule has 2 rings (SSSR count). The number of hydrogen-bond donors (Lipinski definition) is 3. The summed E-state index contributed by atoms with van der Waals surface area (Å²) in [5.74, 6) is -0.718. The van der Waals surface area contributed by atoms with Gasteiger partial charge in [-0.2, -0.15) is 0 Å². The van der Waals surface area contributed by atoms with Crippen LogP contribution in [0, 0.1) is 5.41 Å². The number of nitrogens with one attached hydrogen (secondary N) is 2. The lowest BCUT2D eigenvalue weighted by Gasteiger charge is -2.39. The Morgan fingerprint density at radius 1 is 1.19 bits per heavy atom. The second-order valence-corrected chi connectivity index (χ2v) is 11.8. The highest BCUT2D eigenvalue weighted by Crippen LogP contribution is 2.56. The molecular weight excluding hydrogens is 525 g/mol. The number of phosphoric ester groups is 1. The van der Waals surface area contributed by atoms with E-state index < -0.39 is 37.3 Å². The van der Waals surface area contributed by atoms with Crippen LogP contribution in [0.3, 0.4) is 0 Å². The zero-order chi connectivity index (χ0) is 27.6. The molecule has 0 aromatic heterocycles. The Morgan fingerprint density at radius 2 is 1.86 bits per heavy atom. The van der Waals surface area contributed by atoms with E-state index in [9.17, 15) is 23.7 Å². The van der Waals surface area contributed by atoms with Crippen molar-refractivity contribution in [3.8, 4) is 5.75 Å². The molecule has 0 bridgehead atoms. The van der Waals surface area contributed by atoms with Gasteiger partial charge in [-0.15, -0.1) is 0 Å². The molecule has 12 nitrogen and oxygen atoms in total. The fraction of sp³-hybridized carbons (Fsp3) is 0.565. The predicted molar refractivity (Wildman–Crippen MR) is 137 cm³/mol. The highest BCUT2D eigenvalue weighted by molar-refractivity contribution is 8.13. The summed E-state index contributed by atoms with van der Waals surface area (Å²) in [4.78, 5) is 47.1. The average molecular weight is 560 g/mol. The Hall–Kier alpha value is -2.44. The molecule has 1 aliphatic rings. The van der Waals surface area contributed by atoms with Crippen molar-refractivity contribution < 1.29 is 42.1 Å². The minimum absolute atomic E-state index is 0.0280. The molecule has 0 radical (unpaired) electrons. The maximum atomic E-state index is 13.2. The van der Waals surface area contributed by atoms with Crippen molar-refractivity contribution in [2.75, 3.05) is 32.6 Å². The van der Waals surface area contributed by atoms with Gasteiger partial charge in [0.25, 0.3) is 5.91 Å². The van der Waals surface area contributed by atoms with Gasteiger partial charge >= 0.3 is 13.8 Å². The molecular formula is C23H34N3O9PS. The van der Waals surface area contributed by atoms with Crippen LogP contribution in [0.15, 0.2) is 24.3 Å². The van der Waals surface area contributed by atoms with E-state index in [1.54, 1.807) is 26.0 Å². The predicted octanol–water partition coefficient (Wildman–Crippen LogP) is 1.56. The molecule has 1 unspecified atom stereocenters. The number of phosphoric acid groups is 1. The maximum Gasteiger partial charge on any atom is 0.530 e. The number of carbonyl (C=O) groups is 4.